The van der Waals surface area contributed by atoms with Gasteiger partial charge in [-0.2, -0.15) is 0 Å². The van der Waals surface area contributed by atoms with Gasteiger partial charge in [0.15, 0.2) is 0 Å². The fourth-order valence-corrected chi connectivity index (χ4v) is 3.92. The van der Waals surface area contributed by atoms with E-state index in [0.717, 1.165) is 23.4 Å². The summed E-state index contributed by atoms with van der Waals surface area (Å²) in [7, 11) is 2.00. The summed E-state index contributed by atoms with van der Waals surface area (Å²) in [5.74, 6) is 0.732. The Hall–Kier alpha value is -0.710. The lowest BCUT2D eigenvalue weighted by Crippen LogP contribution is -2.05. The van der Waals surface area contributed by atoms with Gasteiger partial charge in [-0.15, -0.1) is 11.3 Å². The van der Waals surface area contributed by atoms with Gasteiger partial charge >= 0.3 is 0 Å². The second-order valence-corrected chi connectivity index (χ2v) is 7.11. The van der Waals surface area contributed by atoms with Crippen molar-refractivity contribution in [2.75, 3.05) is 7.05 Å². The van der Waals surface area contributed by atoms with Crippen LogP contribution in [0.15, 0.2) is 28.7 Å². The van der Waals surface area contributed by atoms with Crippen molar-refractivity contribution < 1.29 is 0 Å². The van der Waals surface area contributed by atoms with Crippen molar-refractivity contribution >= 4 is 27.3 Å². The maximum absolute atomic E-state index is 4.88. The van der Waals surface area contributed by atoms with Crippen molar-refractivity contribution in [1.29, 1.82) is 0 Å². The highest BCUT2D eigenvalue weighted by molar-refractivity contribution is 9.10. The molecule has 1 heterocycles. The van der Waals surface area contributed by atoms with Gasteiger partial charge in [0.25, 0.3) is 0 Å². The van der Waals surface area contributed by atoms with Crippen LogP contribution in [-0.4, -0.2) is 12.0 Å². The van der Waals surface area contributed by atoms with Crippen LogP contribution in [0.2, 0.25) is 0 Å². The lowest BCUT2D eigenvalue weighted by molar-refractivity contribution is 0.812. The normalized spacial score (nSPS) is 14.8. The van der Waals surface area contributed by atoms with E-state index in [4.69, 9.17) is 4.98 Å². The highest BCUT2D eigenvalue weighted by Gasteiger charge is 2.29. The second kappa shape index (κ2) is 5.73. The average molecular weight is 337 g/mol. The minimum Gasteiger partial charge on any atom is -0.315 e. The molecular formula is C15H17BrN2S. The van der Waals surface area contributed by atoms with E-state index in [1.54, 1.807) is 0 Å². The zero-order chi connectivity index (χ0) is 13.2. The summed E-state index contributed by atoms with van der Waals surface area (Å²) in [6.45, 7) is 0.946. The van der Waals surface area contributed by atoms with E-state index < -0.39 is 0 Å². The van der Waals surface area contributed by atoms with Crippen LogP contribution in [0, 0.1) is 0 Å². The molecule has 2 aromatic rings. The summed E-state index contributed by atoms with van der Waals surface area (Å²) >= 11 is 5.39. The Labute approximate surface area is 126 Å². The lowest BCUT2D eigenvalue weighted by Gasteiger charge is -1.98. The Morgan fingerprint density at radius 1 is 1.42 bits per heavy atom. The van der Waals surface area contributed by atoms with Crippen molar-refractivity contribution in [2.24, 2.45) is 0 Å². The number of benzene rings is 1. The number of hydrogen-bond donors (Lipinski definition) is 1. The topological polar surface area (TPSA) is 24.9 Å². The van der Waals surface area contributed by atoms with E-state index >= 15 is 0 Å². The van der Waals surface area contributed by atoms with Crippen LogP contribution in [0.3, 0.4) is 0 Å². The standard InChI is InChI=1S/C15H17BrN2S/c1-17-9-13-15(11-5-6-11)18-14(19-13)8-10-3-2-4-12(16)7-10/h2-4,7,11,17H,5-6,8-9H2,1H3. The molecule has 1 N–H and O–H groups in total. The molecule has 1 fully saturated rings. The molecule has 0 aliphatic heterocycles. The molecule has 1 aromatic carbocycles. The molecule has 1 aromatic heterocycles. The molecular weight excluding hydrogens is 320 g/mol. The van der Waals surface area contributed by atoms with E-state index in [1.807, 2.05) is 18.4 Å². The Morgan fingerprint density at radius 2 is 2.26 bits per heavy atom. The van der Waals surface area contributed by atoms with Crippen LogP contribution in [0.25, 0.3) is 0 Å². The predicted molar refractivity (Wildman–Crippen MR) is 83.8 cm³/mol. The number of aromatic nitrogens is 1. The molecule has 2 nitrogen and oxygen atoms in total. The van der Waals surface area contributed by atoms with E-state index in [1.165, 1.54) is 34.0 Å². The van der Waals surface area contributed by atoms with Crippen molar-refractivity contribution in [3.8, 4) is 0 Å². The van der Waals surface area contributed by atoms with E-state index in [-0.39, 0.29) is 0 Å². The molecule has 0 atom stereocenters. The summed E-state index contributed by atoms with van der Waals surface area (Å²) in [4.78, 5) is 6.30. The Balaban J connectivity index is 1.82. The molecule has 0 amide bonds. The molecule has 0 bridgehead atoms. The molecule has 1 saturated carbocycles. The summed E-state index contributed by atoms with van der Waals surface area (Å²) < 4.78 is 1.14. The summed E-state index contributed by atoms with van der Waals surface area (Å²) in [6.07, 6.45) is 3.57. The molecule has 19 heavy (non-hydrogen) atoms. The first kappa shape index (κ1) is 13.3. The summed E-state index contributed by atoms with van der Waals surface area (Å²) in [5, 5.41) is 4.50. The molecule has 0 spiro atoms. The summed E-state index contributed by atoms with van der Waals surface area (Å²) in [6, 6.07) is 8.49. The first-order valence-electron chi connectivity index (χ1n) is 6.64. The molecule has 0 saturated heterocycles. The quantitative estimate of drug-likeness (QED) is 0.889. The van der Waals surface area contributed by atoms with Crippen LogP contribution in [-0.2, 0) is 13.0 Å². The van der Waals surface area contributed by atoms with Crippen LogP contribution >= 0.6 is 27.3 Å². The zero-order valence-electron chi connectivity index (χ0n) is 10.9. The van der Waals surface area contributed by atoms with Gasteiger partial charge in [-0.1, -0.05) is 28.1 Å². The van der Waals surface area contributed by atoms with E-state index in [9.17, 15) is 0 Å². The SMILES string of the molecule is CNCc1sc(Cc2cccc(Br)c2)nc1C1CC1. The Kier molecular flexibility index (Phi) is 4.01. The predicted octanol–water partition coefficient (Wildman–Crippen LogP) is 4.09. The third-order valence-electron chi connectivity index (χ3n) is 3.32. The number of hydrogen-bond acceptors (Lipinski definition) is 3. The molecule has 0 radical (unpaired) electrons. The second-order valence-electron chi connectivity index (χ2n) is 5.03. The monoisotopic (exact) mass is 336 g/mol. The third-order valence-corrected chi connectivity index (χ3v) is 4.88. The van der Waals surface area contributed by atoms with Crippen molar-refractivity contribution in [1.82, 2.24) is 10.3 Å². The number of thiazole rings is 1. The maximum Gasteiger partial charge on any atom is 0.0975 e. The lowest BCUT2D eigenvalue weighted by atomic mass is 10.2. The van der Waals surface area contributed by atoms with Crippen molar-refractivity contribution in [3.05, 3.63) is 49.9 Å². The van der Waals surface area contributed by atoms with Gasteiger partial charge in [0.1, 0.15) is 0 Å². The van der Waals surface area contributed by atoms with E-state index in [2.05, 4.69) is 45.5 Å². The van der Waals surface area contributed by atoms with Gasteiger partial charge in [0.2, 0.25) is 0 Å². The van der Waals surface area contributed by atoms with Crippen LogP contribution < -0.4 is 5.32 Å². The van der Waals surface area contributed by atoms with Crippen molar-refractivity contribution in [3.63, 3.8) is 0 Å². The van der Waals surface area contributed by atoms with Gasteiger partial charge in [0.05, 0.1) is 10.7 Å². The molecule has 3 rings (SSSR count). The molecule has 100 valence electrons. The van der Waals surface area contributed by atoms with Gasteiger partial charge in [-0.25, -0.2) is 4.98 Å². The number of nitrogens with one attached hydrogen (secondary N) is 1. The van der Waals surface area contributed by atoms with E-state index in [0.29, 0.717) is 0 Å². The smallest absolute Gasteiger partial charge is 0.0975 e. The van der Waals surface area contributed by atoms with Gasteiger partial charge in [0, 0.05) is 28.2 Å². The molecule has 0 unspecified atom stereocenters. The largest absolute Gasteiger partial charge is 0.315 e. The average Bonchev–Trinajstić information content (AvgIpc) is 3.14. The number of rotatable bonds is 5. The summed E-state index contributed by atoms with van der Waals surface area (Å²) in [5.41, 5.74) is 2.67. The van der Waals surface area contributed by atoms with Crippen LogP contribution in [0.5, 0.6) is 0 Å². The highest BCUT2D eigenvalue weighted by Crippen LogP contribution is 2.42. The Bertz CT molecular complexity index is 575. The fourth-order valence-electron chi connectivity index (χ4n) is 2.27. The van der Waals surface area contributed by atoms with Gasteiger partial charge in [-0.05, 0) is 37.6 Å². The molecule has 4 heteroatoms. The minimum atomic E-state index is 0.732. The Morgan fingerprint density at radius 3 is 2.95 bits per heavy atom. The van der Waals surface area contributed by atoms with Crippen LogP contribution in [0.4, 0.5) is 0 Å². The third kappa shape index (κ3) is 3.25. The number of halogens is 1. The fraction of sp³-hybridized carbons (Fsp3) is 0.400. The first-order chi connectivity index (χ1) is 9.26. The van der Waals surface area contributed by atoms with Gasteiger partial charge in [-0.3, -0.25) is 0 Å². The first-order valence-corrected chi connectivity index (χ1v) is 8.24. The molecule has 1 aliphatic rings. The highest BCUT2D eigenvalue weighted by atomic mass is 79.9. The number of nitrogens with zero attached hydrogens (tertiary/aromatic N) is 1. The van der Waals surface area contributed by atoms with Crippen LogP contribution in [0.1, 0.15) is 39.9 Å². The molecule has 1 aliphatic carbocycles. The zero-order valence-corrected chi connectivity index (χ0v) is 13.4. The van der Waals surface area contributed by atoms with Gasteiger partial charge < -0.3 is 5.32 Å². The maximum atomic E-state index is 4.88. The van der Waals surface area contributed by atoms with Crippen molar-refractivity contribution in [2.45, 2.75) is 31.7 Å². The minimum absolute atomic E-state index is 0.732.